The molecule has 0 aromatic heterocycles. The Kier molecular flexibility index (Phi) is 4.05. The van der Waals surface area contributed by atoms with Crippen LogP contribution in [0.25, 0.3) is 0 Å². The zero-order valence-corrected chi connectivity index (χ0v) is 13.2. The summed E-state index contributed by atoms with van der Waals surface area (Å²) < 4.78 is 5.37. The molecule has 1 atom stereocenters. The third-order valence-electron chi connectivity index (χ3n) is 4.52. The number of likely N-dealkylation sites (tertiary alicyclic amines) is 1. The Morgan fingerprint density at radius 2 is 2.00 bits per heavy atom. The van der Waals surface area contributed by atoms with E-state index in [9.17, 15) is 9.59 Å². The zero-order valence-electron chi connectivity index (χ0n) is 13.2. The molecule has 0 saturated carbocycles. The molecule has 2 aliphatic rings. The molecule has 22 heavy (non-hydrogen) atoms. The summed E-state index contributed by atoms with van der Waals surface area (Å²) in [6.45, 7) is 4.10. The van der Waals surface area contributed by atoms with Gasteiger partial charge in [0, 0.05) is 26.1 Å². The summed E-state index contributed by atoms with van der Waals surface area (Å²) in [6.07, 6.45) is 2.44. The van der Waals surface area contributed by atoms with Crippen LogP contribution in [0.1, 0.15) is 24.8 Å². The van der Waals surface area contributed by atoms with Crippen molar-refractivity contribution in [3.8, 4) is 5.75 Å². The highest BCUT2D eigenvalue weighted by Gasteiger charge is 2.38. The van der Waals surface area contributed by atoms with E-state index in [0.29, 0.717) is 18.7 Å². The smallest absolute Gasteiger partial charge is 0.228 e. The van der Waals surface area contributed by atoms with Crippen LogP contribution in [0.4, 0.5) is 5.69 Å². The minimum absolute atomic E-state index is 0.00134. The molecule has 0 aliphatic carbocycles. The lowest BCUT2D eigenvalue weighted by Gasteiger charge is -2.22. The van der Waals surface area contributed by atoms with E-state index in [1.165, 1.54) is 0 Å². The molecule has 2 heterocycles. The van der Waals surface area contributed by atoms with Gasteiger partial charge in [0.15, 0.2) is 0 Å². The number of hydrogen-bond donors (Lipinski definition) is 0. The van der Waals surface area contributed by atoms with E-state index in [1.54, 1.807) is 12.0 Å². The van der Waals surface area contributed by atoms with Crippen LogP contribution in [0.2, 0.25) is 0 Å². The Morgan fingerprint density at radius 3 is 2.68 bits per heavy atom. The number of aryl methyl sites for hydroxylation is 1. The number of carbonyl (C=O) groups excluding carboxylic acids is 2. The zero-order chi connectivity index (χ0) is 15.7. The Bertz CT molecular complexity index is 594. The Labute approximate surface area is 130 Å². The highest BCUT2D eigenvalue weighted by atomic mass is 16.5. The lowest BCUT2D eigenvalue weighted by atomic mass is 10.1. The molecule has 0 radical (unpaired) electrons. The van der Waals surface area contributed by atoms with Crippen molar-refractivity contribution in [2.24, 2.45) is 5.92 Å². The van der Waals surface area contributed by atoms with Crippen LogP contribution in [0.15, 0.2) is 18.2 Å². The Morgan fingerprint density at radius 1 is 1.27 bits per heavy atom. The van der Waals surface area contributed by atoms with Gasteiger partial charge in [-0.05, 0) is 37.5 Å². The van der Waals surface area contributed by atoms with Gasteiger partial charge in [0.05, 0.1) is 18.7 Å². The van der Waals surface area contributed by atoms with Crippen molar-refractivity contribution in [3.05, 3.63) is 23.8 Å². The maximum absolute atomic E-state index is 12.5. The number of nitrogens with zero attached hydrogens (tertiary/aromatic N) is 2. The first kappa shape index (κ1) is 14.9. The first-order valence-corrected chi connectivity index (χ1v) is 7.84. The monoisotopic (exact) mass is 302 g/mol. The molecule has 1 aromatic rings. The third kappa shape index (κ3) is 2.67. The first-order valence-electron chi connectivity index (χ1n) is 7.84. The second-order valence-corrected chi connectivity index (χ2v) is 6.11. The SMILES string of the molecule is COc1ccc(C)cc1N1C[C@@H](C(=O)N2CCCC2)CC1=O. The minimum atomic E-state index is -0.226. The lowest BCUT2D eigenvalue weighted by molar-refractivity contribution is -0.134. The molecule has 0 N–H and O–H groups in total. The lowest BCUT2D eigenvalue weighted by Crippen LogP contribution is -2.35. The fourth-order valence-electron chi connectivity index (χ4n) is 3.31. The molecule has 2 saturated heterocycles. The highest BCUT2D eigenvalue weighted by molar-refractivity contribution is 6.01. The number of rotatable bonds is 3. The predicted molar refractivity (Wildman–Crippen MR) is 84.0 cm³/mol. The number of carbonyl (C=O) groups is 2. The molecule has 2 fully saturated rings. The van der Waals surface area contributed by atoms with Crippen LogP contribution in [0.3, 0.4) is 0 Å². The number of hydrogen-bond acceptors (Lipinski definition) is 3. The van der Waals surface area contributed by atoms with Crippen LogP contribution in [0.5, 0.6) is 5.75 Å². The van der Waals surface area contributed by atoms with Gasteiger partial charge in [0.1, 0.15) is 5.75 Å². The van der Waals surface area contributed by atoms with Crippen LogP contribution < -0.4 is 9.64 Å². The molecule has 5 heteroatoms. The van der Waals surface area contributed by atoms with Gasteiger partial charge in [0.2, 0.25) is 11.8 Å². The number of amides is 2. The average Bonchev–Trinajstić information content (AvgIpc) is 3.16. The van der Waals surface area contributed by atoms with Gasteiger partial charge in [-0.25, -0.2) is 0 Å². The van der Waals surface area contributed by atoms with Crippen LogP contribution >= 0.6 is 0 Å². The maximum Gasteiger partial charge on any atom is 0.228 e. The molecule has 0 bridgehead atoms. The molecular weight excluding hydrogens is 280 g/mol. The molecule has 2 amide bonds. The number of benzene rings is 1. The van der Waals surface area contributed by atoms with E-state index in [1.807, 2.05) is 30.0 Å². The molecule has 2 aliphatic heterocycles. The third-order valence-corrected chi connectivity index (χ3v) is 4.52. The van der Waals surface area contributed by atoms with E-state index < -0.39 is 0 Å². The molecule has 118 valence electrons. The standard InChI is InChI=1S/C17H22N2O3/c1-12-5-6-15(22-2)14(9-12)19-11-13(10-16(19)20)17(21)18-7-3-4-8-18/h5-6,9,13H,3-4,7-8,10-11H2,1-2H3/t13-/m0/s1. The van der Waals surface area contributed by atoms with Crippen molar-refractivity contribution in [2.75, 3.05) is 31.6 Å². The molecule has 0 unspecified atom stereocenters. The molecule has 0 spiro atoms. The van der Waals surface area contributed by atoms with Gasteiger partial charge >= 0.3 is 0 Å². The average molecular weight is 302 g/mol. The van der Waals surface area contributed by atoms with Crippen molar-refractivity contribution in [3.63, 3.8) is 0 Å². The summed E-state index contributed by atoms with van der Waals surface area (Å²) in [5.74, 6) is 0.574. The number of ether oxygens (including phenoxy) is 1. The summed E-state index contributed by atoms with van der Waals surface area (Å²) in [5, 5.41) is 0. The molecular formula is C17H22N2O3. The predicted octanol–water partition coefficient (Wildman–Crippen LogP) is 1.98. The maximum atomic E-state index is 12.5. The van der Waals surface area contributed by atoms with Crippen molar-refractivity contribution in [1.29, 1.82) is 0 Å². The van der Waals surface area contributed by atoms with Crippen LogP contribution in [-0.2, 0) is 9.59 Å². The van der Waals surface area contributed by atoms with E-state index in [-0.39, 0.29) is 17.7 Å². The van der Waals surface area contributed by atoms with Crippen molar-refractivity contribution < 1.29 is 14.3 Å². The molecule has 5 nitrogen and oxygen atoms in total. The number of methoxy groups -OCH3 is 1. The van der Waals surface area contributed by atoms with E-state index in [2.05, 4.69) is 0 Å². The van der Waals surface area contributed by atoms with E-state index in [0.717, 1.165) is 37.2 Å². The van der Waals surface area contributed by atoms with E-state index in [4.69, 9.17) is 4.74 Å². The van der Waals surface area contributed by atoms with Crippen molar-refractivity contribution in [1.82, 2.24) is 4.90 Å². The summed E-state index contributed by atoms with van der Waals surface area (Å²) in [4.78, 5) is 28.5. The second-order valence-electron chi connectivity index (χ2n) is 6.11. The summed E-state index contributed by atoms with van der Waals surface area (Å²) in [5.41, 5.74) is 1.84. The fraction of sp³-hybridized carbons (Fsp3) is 0.529. The first-order chi connectivity index (χ1) is 10.6. The summed E-state index contributed by atoms with van der Waals surface area (Å²) in [7, 11) is 1.60. The fourth-order valence-corrected chi connectivity index (χ4v) is 3.31. The normalized spacial score (nSPS) is 21.5. The van der Waals surface area contributed by atoms with Crippen LogP contribution in [0, 0.1) is 12.8 Å². The Hall–Kier alpha value is -2.04. The molecule has 1 aromatic carbocycles. The van der Waals surface area contributed by atoms with Gasteiger partial charge < -0.3 is 14.5 Å². The van der Waals surface area contributed by atoms with Gasteiger partial charge in [-0.1, -0.05) is 6.07 Å². The van der Waals surface area contributed by atoms with Gasteiger partial charge in [-0.3, -0.25) is 9.59 Å². The topological polar surface area (TPSA) is 49.9 Å². The summed E-state index contributed by atoms with van der Waals surface area (Å²) in [6, 6.07) is 5.77. The largest absolute Gasteiger partial charge is 0.495 e. The number of anilines is 1. The molecule has 3 rings (SSSR count). The van der Waals surface area contributed by atoms with Gasteiger partial charge in [-0.15, -0.1) is 0 Å². The highest BCUT2D eigenvalue weighted by Crippen LogP contribution is 2.34. The quantitative estimate of drug-likeness (QED) is 0.858. The van der Waals surface area contributed by atoms with Crippen molar-refractivity contribution >= 4 is 17.5 Å². The summed E-state index contributed by atoms with van der Waals surface area (Å²) >= 11 is 0. The van der Waals surface area contributed by atoms with E-state index >= 15 is 0 Å². The van der Waals surface area contributed by atoms with Gasteiger partial charge in [0.25, 0.3) is 0 Å². The van der Waals surface area contributed by atoms with Crippen LogP contribution in [-0.4, -0.2) is 43.5 Å². The Balaban J connectivity index is 1.80. The van der Waals surface area contributed by atoms with Crippen molar-refractivity contribution in [2.45, 2.75) is 26.2 Å². The second kappa shape index (κ2) is 5.99. The van der Waals surface area contributed by atoms with Gasteiger partial charge in [-0.2, -0.15) is 0 Å². The minimum Gasteiger partial charge on any atom is -0.495 e.